The van der Waals surface area contributed by atoms with E-state index in [-0.39, 0.29) is 17.4 Å². The number of ketones is 1. The molecule has 0 radical (unpaired) electrons. The van der Waals surface area contributed by atoms with Gasteiger partial charge in [-0.25, -0.2) is 0 Å². The minimum atomic E-state index is -0.326. The molecule has 7 heteroatoms. The largest absolute Gasteiger partial charge is 0.353 e. The van der Waals surface area contributed by atoms with Gasteiger partial charge in [0.25, 0.3) is 5.91 Å². The highest BCUT2D eigenvalue weighted by molar-refractivity contribution is 6.03. The number of amides is 1. The number of hydrogen-bond acceptors (Lipinski definition) is 6. The van der Waals surface area contributed by atoms with Crippen LogP contribution in [0.4, 0.5) is 11.5 Å². The zero-order valence-corrected chi connectivity index (χ0v) is 14.4. The molecule has 3 rings (SSSR count). The van der Waals surface area contributed by atoms with Gasteiger partial charge in [-0.15, -0.1) is 10.2 Å². The van der Waals surface area contributed by atoms with E-state index in [1.165, 1.54) is 6.92 Å². The molecule has 0 atom stereocenters. The van der Waals surface area contributed by atoms with Gasteiger partial charge in [0.15, 0.2) is 17.3 Å². The average molecular weight is 339 g/mol. The lowest BCUT2D eigenvalue weighted by molar-refractivity contribution is 0.101. The fraction of sp³-hybridized carbons (Fsp3) is 0.333. The van der Waals surface area contributed by atoms with Crippen LogP contribution in [0.25, 0.3) is 0 Å². The van der Waals surface area contributed by atoms with Crippen LogP contribution in [0.1, 0.15) is 27.8 Å². The standard InChI is InChI=1S/C18H21N5O2/c1-13(24)14-3-5-15(6-4-14)19-18(25)16-7-8-17(21-20-16)23-11-9-22(2)10-12-23/h3-8H,9-12H2,1-2H3,(H,19,25). The van der Waals surface area contributed by atoms with Gasteiger partial charge in [-0.3, -0.25) is 9.59 Å². The first kappa shape index (κ1) is 17.0. The van der Waals surface area contributed by atoms with Gasteiger partial charge >= 0.3 is 0 Å². The van der Waals surface area contributed by atoms with Crippen molar-refractivity contribution in [3.8, 4) is 0 Å². The van der Waals surface area contributed by atoms with Crippen LogP contribution in [0.3, 0.4) is 0 Å². The maximum absolute atomic E-state index is 12.3. The first-order valence-electron chi connectivity index (χ1n) is 8.22. The quantitative estimate of drug-likeness (QED) is 0.854. The summed E-state index contributed by atoms with van der Waals surface area (Å²) in [6.45, 7) is 5.28. The monoisotopic (exact) mass is 339 g/mol. The normalized spacial score (nSPS) is 15.0. The predicted molar refractivity (Wildman–Crippen MR) is 96.1 cm³/mol. The lowest BCUT2D eigenvalue weighted by Crippen LogP contribution is -2.44. The second kappa shape index (κ2) is 7.40. The highest BCUT2D eigenvalue weighted by Crippen LogP contribution is 2.14. The summed E-state index contributed by atoms with van der Waals surface area (Å²) in [7, 11) is 2.10. The molecule has 1 amide bonds. The highest BCUT2D eigenvalue weighted by atomic mass is 16.2. The molecular weight excluding hydrogens is 318 g/mol. The summed E-state index contributed by atoms with van der Waals surface area (Å²) in [6.07, 6.45) is 0. The van der Waals surface area contributed by atoms with E-state index < -0.39 is 0 Å². The Morgan fingerprint density at radius 1 is 0.960 bits per heavy atom. The number of rotatable bonds is 4. The van der Waals surface area contributed by atoms with Crippen molar-refractivity contribution in [1.29, 1.82) is 0 Å². The van der Waals surface area contributed by atoms with Gasteiger partial charge in [0.05, 0.1) is 0 Å². The molecule has 1 aromatic carbocycles. The molecular formula is C18H21N5O2. The summed E-state index contributed by atoms with van der Waals surface area (Å²) < 4.78 is 0. The van der Waals surface area contributed by atoms with Gasteiger partial charge in [0.1, 0.15) is 0 Å². The molecule has 1 N–H and O–H groups in total. The van der Waals surface area contributed by atoms with E-state index in [4.69, 9.17) is 0 Å². The maximum Gasteiger partial charge on any atom is 0.276 e. The van der Waals surface area contributed by atoms with Crippen LogP contribution >= 0.6 is 0 Å². The Labute approximate surface area is 146 Å². The van der Waals surface area contributed by atoms with E-state index in [2.05, 4.69) is 32.4 Å². The number of nitrogens with zero attached hydrogens (tertiary/aromatic N) is 4. The first-order chi connectivity index (χ1) is 12.0. The molecule has 0 spiro atoms. The summed E-state index contributed by atoms with van der Waals surface area (Å²) in [5.74, 6) is 0.451. The van der Waals surface area contributed by atoms with Crippen LogP contribution in [0, 0.1) is 0 Å². The summed E-state index contributed by atoms with van der Waals surface area (Å²) in [5.41, 5.74) is 1.47. The van der Waals surface area contributed by atoms with Crippen molar-refractivity contribution < 1.29 is 9.59 Å². The van der Waals surface area contributed by atoms with Crippen molar-refractivity contribution in [2.24, 2.45) is 0 Å². The molecule has 0 aliphatic carbocycles. The molecule has 130 valence electrons. The van der Waals surface area contributed by atoms with E-state index >= 15 is 0 Å². The van der Waals surface area contributed by atoms with E-state index in [1.807, 2.05) is 6.07 Å². The van der Waals surface area contributed by atoms with Gasteiger partial charge in [0, 0.05) is 37.4 Å². The number of anilines is 2. The molecule has 1 aliphatic heterocycles. The topological polar surface area (TPSA) is 78.4 Å². The SMILES string of the molecule is CC(=O)c1ccc(NC(=O)c2ccc(N3CCN(C)CC3)nn2)cc1. The third-order valence-corrected chi connectivity index (χ3v) is 4.26. The Morgan fingerprint density at radius 3 is 2.20 bits per heavy atom. The van der Waals surface area contributed by atoms with Crippen molar-refractivity contribution in [2.75, 3.05) is 43.4 Å². The molecule has 0 saturated carbocycles. The summed E-state index contributed by atoms with van der Waals surface area (Å²) in [5, 5.41) is 11.0. The van der Waals surface area contributed by atoms with Crippen LogP contribution in [0.5, 0.6) is 0 Å². The Kier molecular flexibility index (Phi) is 5.04. The molecule has 1 saturated heterocycles. The zero-order chi connectivity index (χ0) is 17.8. The minimum Gasteiger partial charge on any atom is -0.353 e. The number of hydrogen-bond donors (Lipinski definition) is 1. The second-order valence-corrected chi connectivity index (χ2v) is 6.15. The van der Waals surface area contributed by atoms with E-state index in [0.717, 1.165) is 32.0 Å². The molecule has 0 bridgehead atoms. The lowest BCUT2D eigenvalue weighted by Gasteiger charge is -2.32. The molecule has 7 nitrogen and oxygen atoms in total. The Morgan fingerprint density at radius 2 is 1.64 bits per heavy atom. The third-order valence-electron chi connectivity index (χ3n) is 4.26. The molecule has 0 unspecified atom stereocenters. The molecule has 1 fully saturated rings. The van der Waals surface area contributed by atoms with Crippen LogP contribution in [-0.4, -0.2) is 60.0 Å². The number of likely N-dealkylation sites (N-methyl/N-ethyl adjacent to an activating group) is 1. The third kappa shape index (κ3) is 4.19. The lowest BCUT2D eigenvalue weighted by atomic mass is 10.1. The summed E-state index contributed by atoms with van der Waals surface area (Å²) in [4.78, 5) is 28.0. The fourth-order valence-corrected chi connectivity index (χ4v) is 2.63. The first-order valence-corrected chi connectivity index (χ1v) is 8.22. The van der Waals surface area contributed by atoms with E-state index in [1.54, 1.807) is 30.3 Å². The minimum absolute atomic E-state index is 0.0109. The van der Waals surface area contributed by atoms with Gasteiger partial charge in [-0.05, 0) is 50.4 Å². The number of Topliss-reactive ketones (excluding diaryl/α,β-unsaturated/α-hetero) is 1. The number of carbonyl (C=O) groups excluding carboxylic acids is 2. The Hall–Kier alpha value is -2.80. The van der Waals surface area contributed by atoms with Crippen molar-refractivity contribution in [3.05, 3.63) is 47.7 Å². The smallest absolute Gasteiger partial charge is 0.276 e. The van der Waals surface area contributed by atoms with Crippen molar-refractivity contribution in [3.63, 3.8) is 0 Å². The molecule has 1 aromatic heterocycles. The number of benzene rings is 1. The van der Waals surface area contributed by atoms with Gasteiger partial charge < -0.3 is 15.1 Å². The van der Waals surface area contributed by atoms with Crippen molar-refractivity contribution in [1.82, 2.24) is 15.1 Å². The number of carbonyl (C=O) groups is 2. The summed E-state index contributed by atoms with van der Waals surface area (Å²) >= 11 is 0. The summed E-state index contributed by atoms with van der Waals surface area (Å²) in [6, 6.07) is 10.3. The van der Waals surface area contributed by atoms with E-state index in [0.29, 0.717) is 11.3 Å². The molecule has 25 heavy (non-hydrogen) atoms. The van der Waals surface area contributed by atoms with Gasteiger partial charge in [-0.1, -0.05) is 0 Å². The average Bonchev–Trinajstić information content (AvgIpc) is 2.63. The zero-order valence-electron chi connectivity index (χ0n) is 14.4. The number of piperazine rings is 1. The van der Waals surface area contributed by atoms with Crippen molar-refractivity contribution in [2.45, 2.75) is 6.92 Å². The van der Waals surface area contributed by atoms with Crippen molar-refractivity contribution >= 4 is 23.2 Å². The molecule has 2 aromatic rings. The second-order valence-electron chi connectivity index (χ2n) is 6.15. The highest BCUT2D eigenvalue weighted by Gasteiger charge is 2.16. The Balaban J connectivity index is 1.63. The van der Waals surface area contributed by atoms with Crippen LogP contribution < -0.4 is 10.2 Å². The Bertz CT molecular complexity index is 750. The van der Waals surface area contributed by atoms with Crippen LogP contribution in [-0.2, 0) is 0 Å². The van der Waals surface area contributed by atoms with Crippen LogP contribution in [0.2, 0.25) is 0 Å². The molecule has 2 heterocycles. The van der Waals surface area contributed by atoms with Gasteiger partial charge in [0.2, 0.25) is 0 Å². The van der Waals surface area contributed by atoms with Gasteiger partial charge in [-0.2, -0.15) is 0 Å². The maximum atomic E-state index is 12.3. The molecule has 1 aliphatic rings. The fourth-order valence-electron chi connectivity index (χ4n) is 2.63. The number of nitrogens with one attached hydrogen (secondary N) is 1. The number of aromatic nitrogens is 2. The van der Waals surface area contributed by atoms with Crippen LogP contribution in [0.15, 0.2) is 36.4 Å². The predicted octanol–water partition coefficient (Wildman–Crippen LogP) is 1.68. The van der Waals surface area contributed by atoms with E-state index in [9.17, 15) is 9.59 Å².